The van der Waals surface area contributed by atoms with E-state index in [-0.39, 0.29) is 0 Å². The maximum atomic E-state index is 4.69. The summed E-state index contributed by atoms with van der Waals surface area (Å²) in [6, 6.07) is 6.34. The number of hydrogen-bond donors (Lipinski definition) is 1. The smallest absolute Gasteiger partial charge is 0.146 e. The Labute approximate surface area is 132 Å². The summed E-state index contributed by atoms with van der Waals surface area (Å²) in [4.78, 5) is 14.1. The third-order valence-corrected chi connectivity index (χ3v) is 5.05. The average molecular weight is 318 g/mol. The van der Waals surface area contributed by atoms with Gasteiger partial charge in [0.1, 0.15) is 16.5 Å². The van der Waals surface area contributed by atoms with Gasteiger partial charge in [0.2, 0.25) is 0 Å². The Morgan fingerprint density at radius 2 is 2.05 bits per heavy atom. The van der Waals surface area contributed by atoms with Crippen LogP contribution in [-0.4, -0.2) is 28.5 Å². The van der Waals surface area contributed by atoms with Gasteiger partial charge in [0.25, 0.3) is 0 Å². The number of fused-ring (bicyclic) bond motifs is 1. The maximum Gasteiger partial charge on any atom is 0.146 e. The van der Waals surface area contributed by atoms with E-state index in [1.54, 1.807) is 22.7 Å². The molecule has 0 saturated heterocycles. The molecular weight excluding hydrogens is 300 g/mol. The van der Waals surface area contributed by atoms with Crippen molar-refractivity contribution in [1.29, 1.82) is 0 Å². The first-order valence-electron chi connectivity index (χ1n) is 6.96. The van der Waals surface area contributed by atoms with E-state index in [4.69, 9.17) is 4.98 Å². The van der Waals surface area contributed by atoms with Gasteiger partial charge in [-0.05, 0) is 29.4 Å². The van der Waals surface area contributed by atoms with Crippen molar-refractivity contribution in [3.63, 3.8) is 0 Å². The SMILES string of the molecule is CCN(Cc1nc(NC)c2ccsc2n1)Cc1cccs1. The van der Waals surface area contributed by atoms with Gasteiger partial charge in [0.05, 0.1) is 11.9 Å². The number of nitrogens with one attached hydrogen (secondary N) is 1. The van der Waals surface area contributed by atoms with E-state index in [2.05, 4.69) is 51.1 Å². The fourth-order valence-corrected chi connectivity index (χ4v) is 3.79. The van der Waals surface area contributed by atoms with E-state index in [9.17, 15) is 0 Å². The number of aromatic nitrogens is 2. The quantitative estimate of drug-likeness (QED) is 0.750. The minimum atomic E-state index is 0.775. The zero-order valence-electron chi connectivity index (χ0n) is 12.2. The molecule has 110 valence electrons. The lowest BCUT2D eigenvalue weighted by atomic mass is 10.3. The second-order valence-corrected chi connectivity index (χ2v) is 6.69. The molecule has 0 aliphatic carbocycles. The van der Waals surface area contributed by atoms with Crippen molar-refractivity contribution in [2.45, 2.75) is 20.0 Å². The summed E-state index contributed by atoms with van der Waals surface area (Å²) in [6.45, 7) is 4.89. The first kappa shape index (κ1) is 14.4. The zero-order valence-corrected chi connectivity index (χ0v) is 13.8. The fourth-order valence-electron chi connectivity index (χ4n) is 2.26. The van der Waals surface area contributed by atoms with E-state index in [0.29, 0.717) is 0 Å². The molecule has 0 fully saturated rings. The van der Waals surface area contributed by atoms with Crippen LogP contribution in [-0.2, 0) is 13.1 Å². The van der Waals surface area contributed by atoms with Crippen molar-refractivity contribution in [2.24, 2.45) is 0 Å². The Balaban J connectivity index is 1.82. The van der Waals surface area contributed by atoms with Crippen LogP contribution in [0.15, 0.2) is 29.0 Å². The van der Waals surface area contributed by atoms with Crippen LogP contribution in [0, 0.1) is 0 Å². The van der Waals surface area contributed by atoms with Crippen LogP contribution in [0.4, 0.5) is 5.82 Å². The van der Waals surface area contributed by atoms with Crippen LogP contribution in [0.2, 0.25) is 0 Å². The minimum absolute atomic E-state index is 0.775. The Bertz CT molecular complexity index is 706. The molecule has 3 rings (SSSR count). The number of rotatable bonds is 6. The molecule has 0 aliphatic rings. The predicted octanol–water partition coefficient (Wildman–Crippen LogP) is 3.82. The van der Waals surface area contributed by atoms with Crippen LogP contribution in [0.1, 0.15) is 17.6 Å². The lowest BCUT2D eigenvalue weighted by molar-refractivity contribution is 0.267. The highest BCUT2D eigenvalue weighted by Gasteiger charge is 2.11. The number of anilines is 1. The van der Waals surface area contributed by atoms with Crippen molar-refractivity contribution in [3.8, 4) is 0 Å². The van der Waals surface area contributed by atoms with Crippen molar-refractivity contribution >= 4 is 38.7 Å². The Morgan fingerprint density at radius 1 is 1.14 bits per heavy atom. The van der Waals surface area contributed by atoms with Crippen LogP contribution in [0.3, 0.4) is 0 Å². The summed E-state index contributed by atoms with van der Waals surface area (Å²) in [5.41, 5.74) is 0. The van der Waals surface area contributed by atoms with Gasteiger partial charge in [0, 0.05) is 18.5 Å². The molecule has 0 aliphatic heterocycles. The summed E-state index contributed by atoms with van der Waals surface area (Å²) >= 11 is 3.46. The summed E-state index contributed by atoms with van der Waals surface area (Å²) in [6.07, 6.45) is 0. The van der Waals surface area contributed by atoms with Crippen LogP contribution >= 0.6 is 22.7 Å². The summed E-state index contributed by atoms with van der Waals surface area (Å²) in [5, 5.41) is 8.46. The molecule has 3 aromatic rings. The van der Waals surface area contributed by atoms with Gasteiger partial charge in [-0.1, -0.05) is 13.0 Å². The molecule has 0 amide bonds. The fraction of sp³-hybridized carbons (Fsp3) is 0.333. The molecule has 0 spiro atoms. The standard InChI is InChI=1S/C15H18N4S2/c1-3-19(9-11-5-4-7-20-11)10-13-17-14(16-2)12-6-8-21-15(12)18-13/h4-8H,3,9-10H2,1-2H3,(H,16,17,18). The van der Waals surface area contributed by atoms with Gasteiger partial charge in [0.15, 0.2) is 0 Å². The molecular formula is C15H18N4S2. The molecule has 1 N–H and O–H groups in total. The lowest BCUT2D eigenvalue weighted by Crippen LogP contribution is -2.23. The highest BCUT2D eigenvalue weighted by atomic mass is 32.1. The zero-order chi connectivity index (χ0) is 14.7. The van der Waals surface area contributed by atoms with Crippen LogP contribution in [0.25, 0.3) is 10.2 Å². The highest BCUT2D eigenvalue weighted by molar-refractivity contribution is 7.16. The number of thiophene rings is 2. The topological polar surface area (TPSA) is 41.1 Å². The summed E-state index contributed by atoms with van der Waals surface area (Å²) in [7, 11) is 1.91. The molecule has 6 heteroatoms. The lowest BCUT2D eigenvalue weighted by Gasteiger charge is -2.19. The molecule has 3 aromatic heterocycles. The molecule has 0 unspecified atom stereocenters. The molecule has 21 heavy (non-hydrogen) atoms. The van der Waals surface area contributed by atoms with E-state index in [1.165, 1.54) is 4.88 Å². The Kier molecular flexibility index (Phi) is 4.48. The van der Waals surface area contributed by atoms with Crippen molar-refractivity contribution in [1.82, 2.24) is 14.9 Å². The molecule has 4 nitrogen and oxygen atoms in total. The second kappa shape index (κ2) is 6.51. The number of hydrogen-bond acceptors (Lipinski definition) is 6. The van der Waals surface area contributed by atoms with E-state index < -0.39 is 0 Å². The third kappa shape index (κ3) is 3.23. The Morgan fingerprint density at radius 3 is 2.76 bits per heavy atom. The molecule has 0 atom stereocenters. The largest absolute Gasteiger partial charge is 0.372 e. The van der Waals surface area contributed by atoms with E-state index >= 15 is 0 Å². The monoisotopic (exact) mass is 318 g/mol. The van der Waals surface area contributed by atoms with Gasteiger partial charge in [-0.15, -0.1) is 22.7 Å². The Hall–Kier alpha value is -1.50. The average Bonchev–Trinajstić information content (AvgIpc) is 3.16. The van der Waals surface area contributed by atoms with Gasteiger partial charge >= 0.3 is 0 Å². The highest BCUT2D eigenvalue weighted by Crippen LogP contribution is 2.25. The molecule has 0 aromatic carbocycles. The van der Waals surface area contributed by atoms with E-state index in [1.807, 2.05) is 7.05 Å². The van der Waals surface area contributed by atoms with Crippen LogP contribution < -0.4 is 5.32 Å². The van der Waals surface area contributed by atoms with Crippen molar-refractivity contribution in [2.75, 3.05) is 18.9 Å². The first-order chi connectivity index (χ1) is 10.3. The van der Waals surface area contributed by atoms with Gasteiger partial charge in [-0.2, -0.15) is 0 Å². The van der Waals surface area contributed by atoms with Gasteiger partial charge in [-0.3, -0.25) is 4.90 Å². The third-order valence-electron chi connectivity index (χ3n) is 3.38. The van der Waals surface area contributed by atoms with E-state index in [0.717, 1.165) is 41.5 Å². The predicted molar refractivity (Wildman–Crippen MR) is 91.1 cm³/mol. The summed E-state index contributed by atoms with van der Waals surface area (Å²) < 4.78 is 0. The van der Waals surface area contributed by atoms with Crippen molar-refractivity contribution < 1.29 is 0 Å². The number of nitrogens with zero attached hydrogens (tertiary/aromatic N) is 3. The van der Waals surface area contributed by atoms with Crippen LogP contribution in [0.5, 0.6) is 0 Å². The van der Waals surface area contributed by atoms with Crippen molar-refractivity contribution in [3.05, 3.63) is 39.7 Å². The second-order valence-electron chi connectivity index (χ2n) is 4.76. The maximum absolute atomic E-state index is 4.69. The van der Waals surface area contributed by atoms with Gasteiger partial charge < -0.3 is 5.32 Å². The minimum Gasteiger partial charge on any atom is -0.372 e. The molecule has 0 bridgehead atoms. The first-order valence-corrected chi connectivity index (χ1v) is 8.72. The molecule has 0 radical (unpaired) electrons. The van der Waals surface area contributed by atoms with Gasteiger partial charge in [-0.25, -0.2) is 9.97 Å². The normalized spacial score (nSPS) is 11.4. The summed E-state index contributed by atoms with van der Waals surface area (Å²) in [5.74, 6) is 1.80. The molecule has 0 saturated carbocycles. The molecule has 3 heterocycles.